The molecule has 2 unspecified atom stereocenters. The van der Waals surface area contributed by atoms with Gasteiger partial charge in [-0.15, -0.1) is 0 Å². The van der Waals surface area contributed by atoms with Crippen molar-refractivity contribution in [2.45, 2.75) is 65.8 Å². The minimum Gasteiger partial charge on any atom is -0.379 e. The molecule has 19 heavy (non-hydrogen) atoms. The van der Waals surface area contributed by atoms with Crippen molar-refractivity contribution >= 4 is 5.69 Å². The van der Waals surface area contributed by atoms with Crippen molar-refractivity contribution in [2.75, 3.05) is 5.32 Å². The zero-order valence-corrected chi connectivity index (χ0v) is 13.2. The highest BCUT2D eigenvalue weighted by Crippen LogP contribution is 2.32. The van der Waals surface area contributed by atoms with E-state index in [-0.39, 0.29) is 0 Å². The molecule has 1 heterocycles. The van der Waals surface area contributed by atoms with E-state index in [9.17, 15) is 0 Å². The highest BCUT2D eigenvalue weighted by Gasteiger charge is 2.24. The maximum atomic E-state index is 4.50. The van der Waals surface area contributed by atoms with Crippen molar-refractivity contribution < 1.29 is 0 Å². The molecule has 1 fully saturated rings. The van der Waals surface area contributed by atoms with Gasteiger partial charge in [0.05, 0.1) is 17.1 Å². The van der Waals surface area contributed by atoms with Gasteiger partial charge in [0.2, 0.25) is 0 Å². The Labute approximate surface area is 117 Å². The fourth-order valence-electron chi connectivity index (χ4n) is 3.49. The first-order chi connectivity index (χ1) is 8.97. The van der Waals surface area contributed by atoms with Crippen LogP contribution in [0.25, 0.3) is 0 Å². The monoisotopic (exact) mass is 263 g/mol. The molecule has 1 aromatic rings. The Hall–Kier alpha value is -0.990. The molecule has 1 N–H and O–H groups in total. The first-order valence-corrected chi connectivity index (χ1v) is 7.74. The van der Waals surface area contributed by atoms with Gasteiger partial charge in [-0.05, 0) is 44.9 Å². The molecule has 0 bridgehead atoms. The van der Waals surface area contributed by atoms with Crippen molar-refractivity contribution in [2.24, 2.45) is 18.9 Å². The van der Waals surface area contributed by atoms with Gasteiger partial charge in [0.15, 0.2) is 0 Å². The lowest BCUT2D eigenvalue weighted by Gasteiger charge is -2.31. The Bertz CT molecular complexity index is 420. The molecule has 0 spiro atoms. The molecule has 1 aromatic heterocycles. The molecule has 0 radical (unpaired) electrons. The first-order valence-electron chi connectivity index (χ1n) is 7.74. The molecule has 1 saturated carbocycles. The summed E-state index contributed by atoms with van der Waals surface area (Å²) in [5.74, 6) is 1.73. The number of anilines is 1. The number of hydrogen-bond donors (Lipinski definition) is 1. The zero-order chi connectivity index (χ0) is 14.0. The van der Waals surface area contributed by atoms with Crippen LogP contribution in [0, 0.1) is 25.7 Å². The second-order valence-corrected chi connectivity index (χ2v) is 6.67. The molecule has 0 saturated heterocycles. The van der Waals surface area contributed by atoms with E-state index in [2.05, 4.69) is 38.1 Å². The number of nitrogens with zero attached hydrogens (tertiary/aromatic N) is 2. The van der Waals surface area contributed by atoms with Crippen molar-refractivity contribution in [3.63, 3.8) is 0 Å². The van der Waals surface area contributed by atoms with Crippen LogP contribution in [-0.4, -0.2) is 15.8 Å². The van der Waals surface area contributed by atoms with Gasteiger partial charge in [-0.3, -0.25) is 4.68 Å². The van der Waals surface area contributed by atoms with Crippen molar-refractivity contribution in [1.82, 2.24) is 9.78 Å². The van der Waals surface area contributed by atoms with Crippen LogP contribution in [0.5, 0.6) is 0 Å². The molecule has 0 amide bonds. The van der Waals surface area contributed by atoms with Crippen LogP contribution in [0.3, 0.4) is 0 Å². The second kappa shape index (κ2) is 5.98. The molecule has 1 aliphatic rings. The van der Waals surface area contributed by atoms with Gasteiger partial charge in [-0.25, -0.2) is 0 Å². The summed E-state index contributed by atoms with van der Waals surface area (Å²) in [6.45, 7) is 8.93. The number of rotatable bonds is 4. The summed E-state index contributed by atoms with van der Waals surface area (Å²) in [6, 6.07) is 0.638. The maximum absolute atomic E-state index is 4.50. The summed E-state index contributed by atoms with van der Waals surface area (Å²) < 4.78 is 1.98. The van der Waals surface area contributed by atoms with Gasteiger partial charge >= 0.3 is 0 Å². The third-order valence-corrected chi connectivity index (χ3v) is 4.45. The second-order valence-electron chi connectivity index (χ2n) is 6.67. The predicted octanol–water partition coefficient (Wildman–Crippen LogP) is 4.05. The Morgan fingerprint density at radius 2 is 2.05 bits per heavy atom. The Morgan fingerprint density at radius 1 is 1.32 bits per heavy atom. The molecule has 0 aromatic carbocycles. The minimum absolute atomic E-state index is 0.638. The number of aromatic nitrogens is 2. The average molecular weight is 263 g/mol. The lowest BCUT2D eigenvalue weighted by molar-refractivity contribution is 0.289. The van der Waals surface area contributed by atoms with Crippen molar-refractivity contribution in [3.8, 4) is 0 Å². The molecule has 3 heteroatoms. The largest absolute Gasteiger partial charge is 0.379 e. The van der Waals surface area contributed by atoms with Crippen LogP contribution in [0.15, 0.2) is 0 Å². The normalized spacial score (nSPS) is 23.9. The summed E-state index contributed by atoms with van der Waals surface area (Å²) in [5, 5.41) is 8.26. The first kappa shape index (κ1) is 14.4. The van der Waals surface area contributed by atoms with Crippen LogP contribution < -0.4 is 5.32 Å². The maximum Gasteiger partial charge on any atom is 0.0827 e. The Balaban J connectivity index is 1.98. The Kier molecular flexibility index (Phi) is 4.54. The number of hydrogen-bond acceptors (Lipinski definition) is 2. The van der Waals surface area contributed by atoms with Gasteiger partial charge in [0, 0.05) is 13.1 Å². The molecular formula is C16H29N3. The third-order valence-electron chi connectivity index (χ3n) is 4.45. The topological polar surface area (TPSA) is 29.9 Å². The highest BCUT2D eigenvalue weighted by atomic mass is 15.3. The quantitative estimate of drug-likeness (QED) is 0.888. The van der Waals surface area contributed by atoms with Crippen LogP contribution in [0.1, 0.15) is 57.3 Å². The average Bonchev–Trinajstić information content (AvgIpc) is 2.56. The van der Waals surface area contributed by atoms with Crippen LogP contribution in [0.4, 0.5) is 5.69 Å². The number of nitrogens with one attached hydrogen (secondary N) is 1. The van der Waals surface area contributed by atoms with E-state index < -0.39 is 0 Å². The van der Waals surface area contributed by atoms with Gasteiger partial charge in [-0.1, -0.05) is 26.7 Å². The Morgan fingerprint density at radius 3 is 2.63 bits per heavy atom. The summed E-state index contributed by atoms with van der Waals surface area (Å²) in [5.41, 5.74) is 3.65. The van der Waals surface area contributed by atoms with E-state index >= 15 is 0 Å². The lowest BCUT2D eigenvalue weighted by atomic mass is 9.81. The van der Waals surface area contributed by atoms with E-state index in [4.69, 9.17) is 0 Å². The fourth-order valence-corrected chi connectivity index (χ4v) is 3.49. The standard InChI is InChI=1S/C16H29N3/c1-11(2)9-14-7-6-8-15(10-14)17-16-12(3)18-19(5)13(16)4/h11,14-15,17H,6-10H2,1-5H3. The summed E-state index contributed by atoms with van der Waals surface area (Å²) in [4.78, 5) is 0. The van der Waals surface area contributed by atoms with E-state index in [0.717, 1.165) is 17.5 Å². The minimum atomic E-state index is 0.638. The summed E-state index contributed by atoms with van der Waals surface area (Å²) >= 11 is 0. The van der Waals surface area contributed by atoms with Gasteiger partial charge in [0.1, 0.15) is 0 Å². The SMILES string of the molecule is Cc1nn(C)c(C)c1NC1CCCC(CC(C)C)C1. The molecule has 0 aliphatic heterocycles. The van der Waals surface area contributed by atoms with Crippen LogP contribution >= 0.6 is 0 Å². The van der Waals surface area contributed by atoms with Crippen LogP contribution in [0.2, 0.25) is 0 Å². The van der Waals surface area contributed by atoms with Gasteiger partial charge in [0.25, 0.3) is 0 Å². The summed E-state index contributed by atoms with van der Waals surface area (Å²) in [6.07, 6.45) is 6.80. The fraction of sp³-hybridized carbons (Fsp3) is 0.812. The molecule has 2 atom stereocenters. The zero-order valence-electron chi connectivity index (χ0n) is 13.2. The molecule has 1 aliphatic carbocycles. The molecular weight excluding hydrogens is 234 g/mol. The molecule has 108 valence electrons. The third kappa shape index (κ3) is 3.52. The predicted molar refractivity (Wildman–Crippen MR) is 81.5 cm³/mol. The van der Waals surface area contributed by atoms with E-state index in [1.807, 2.05) is 11.7 Å². The van der Waals surface area contributed by atoms with E-state index in [0.29, 0.717) is 6.04 Å². The van der Waals surface area contributed by atoms with Crippen molar-refractivity contribution in [1.29, 1.82) is 0 Å². The molecule has 2 rings (SSSR count). The molecule has 3 nitrogen and oxygen atoms in total. The summed E-state index contributed by atoms with van der Waals surface area (Å²) in [7, 11) is 2.02. The number of aryl methyl sites for hydroxylation is 2. The van der Waals surface area contributed by atoms with E-state index in [1.165, 1.54) is 43.5 Å². The van der Waals surface area contributed by atoms with E-state index in [1.54, 1.807) is 0 Å². The van der Waals surface area contributed by atoms with Crippen molar-refractivity contribution in [3.05, 3.63) is 11.4 Å². The highest BCUT2D eigenvalue weighted by molar-refractivity contribution is 5.52. The van der Waals surface area contributed by atoms with Gasteiger partial charge in [-0.2, -0.15) is 5.10 Å². The van der Waals surface area contributed by atoms with Crippen LogP contribution in [-0.2, 0) is 7.05 Å². The smallest absolute Gasteiger partial charge is 0.0827 e. The van der Waals surface area contributed by atoms with Gasteiger partial charge < -0.3 is 5.32 Å². The lowest BCUT2D eigenvalue weighted by Crippen LogP contribution is -2.28.